The van der Waals surface area contributed by atoms with Crippen LogP contribution in [0.15, 0.2) is 22.7 Å². The highest BCUT2D eigenvalue weighted by molar-refractivity contribution is 9.10. The van der Waals surface area contributed by atoms with Crippen LogP contribution in [0, 0.1) is 0 Å². The molecule has 1 aromatic rings. The van der Waals surface area contributed by atoms with Crippen molar-refractivity contribution >= 4 is 49.4 Å². The number of nitrogens with zero attached hydrogens (tertiary/aromatic N) is 1. The summed E-state index contributed by atoms with van der Waals surface area (Å²) >= 11 is 12.6. The SMILES string of the molecule is CCN(CCBr)C(=O)c1ccc(Br)c(Cl)c1. The van der Waals surface area contributed by atoms with Crippen molar-refractivity contribution in [3.05, 3.63) is 33.3 Å². The predicted molar refractivity (Wildman–Crippen MR) is 74.5 cm³/mol. The van der Waals surface area contributed by atoms with E-state index >= 15 is 0 Å². The molecule has 0 atom stereocenters. The Labute approximate surface area is 117 Å². The van der Waals surface area contributed by atoms with E-state index in [0.29, 0.717) is 23.7 Å². The molecular formula is C11H12Br2ClNO. The fourth-order valence-electron chi connectivity index (χ4n) is 1.32. The third kappa shape index (κ3) is 3.47. The van der Waals surface area contributed by atoms with Gasteiger partial charge in [0, 0.05) is 28.5 Å². The second-order valence-electron chi connectivity index (χ2n) is 3.20. The number of hydrogen-bond donors (Lipinski definition) is 0. The van der Waals surface area contributed by atoms with E-state index in [2.05, 4.69) is 31.9 Å². The maximum Gasteiger partial charge on any atom is 0.253 e. The smallest absolute Gasteiger partial charge is 0.253 e. The molecule has 0 spiro atoms. The van der Waals surface area contributed by atoms with Crippen molar-refractivity contribution in [2.24, 2.45) is 0 Å². The minimum atomic E-state index is 0.0105. The Balaban J connectivity index is 2.90. The van der Waals surface area contributed by atoms with E-state index in [-0.39, 0.29) is 5.91 Å². The monoisotopic (exact) mass is 367 g/mol. The Kier molecular flexibility index (Phi) is 5.79. The average Bonchev–Trinajstić information content (AvgIpc) is 2.28. The first kappa shape index (κ1) is 14.0. The topological polar surface area (TPSA) is 20.3 Å². The maximum absolute atomic E-state index is 12.1. The zero-order valence-electron chi connectivity index (χ0n) is 8.84. The van der Waals surface area contributed by atoms with Crippen LogP contribution in [0.2, 0.25) is 5.02 Å². The lowest BCUT2D eigenvalue weighted by Gasteiger charge is -2.19. The number of benzene rings is 1. The van der Waals surface area contributed by atoms with Gasteiger partial charge in [-0.2, -0.15) is 0 Å². The van der Waals surface area contributed by atoms with Gasteiger partial charge in [0.25, 0.3) is 5.91 Å². The number of carbonyl (C=O) groups is 1. The van der Waals surface area contributed by atoms with Crippen molar-refractivity contribution in [2.75, 3.05) is 18.4 Å². The third-order valence-electron chi connectivity index (χ3n) is 2.19. The van der Waals surface area contributed by atoms with Crippen LogP contribution in [0.3, 0.4) is 0 Å². The standard InChI is InChI=1S/C11H12Br2ClNO/c1-2-15(6-5-12)11(16)8-3-4-9(13)10(14)7-8/h3-4,7H,2,5-6H2,1H3. The van der Waals surface area contributed by atoms with Crippen LogP contribution in [-0.4, -0.2) is 29.2 Å². The molecule has 1 aromatic carbocycles. The average molecular weight is 369 g/mol. The fraction of sp³-hybridized carbons (Fsp3) is 0.364. The Morgan fingerprint density at radius 3 is 2.69 bits per heavy atom. The molecular weight excluding hydrogens is 357 g/mol. The first-order valence-corrected chi connectivity index (χ1v) is 7.19. The van der Waals surface area contributed by atoms with Crippen LogP contribution in [0.25, 0.3) is 0 Å². The molecule has 0 radical (unpaired) electrons. The molecule has 0 saturated heterocycles. The summed E-state index contributed by atoms with van der Waals surface area (Å²) in [6.07, 6.45) is 0. The molecule has 0 aliphatic rings. The van der Waals surface area contributed by atoms with Crippen LogP contribution in [0.5, 0.6) is 0 Å². The summed E-state index contributed by atoms with van der Waals surface area (Å²) in [7, 11) is 0. The second kappa shape index (κ2) is 6.62. The van der Waals surface area contributed by atoms with E-state index in [1.807, 2.05) is 6.92 Å². The van der Waals surface area contributed by atoms with Gasteiger partial charge in [0.2, 0.25) is 0 Å². The molecule has 0 aromatic heterocycles. The van der Waals surface area contributed by atoms with Gasteiger partial charge in [0.1, 0.15) is 0 Å². The molecule has 0 bridgehead atoms. The molecule has 0 saturated carbocycles. The molecule has 1 rings (SSSR count). The van der Waals surface area contributed by atoms with Crippen molar-refractivity contribution in [1.82, 2.24) is 4.90 Å². The summed E-state index contributed by atoms with van der Waals surface area (Å²) in [5.74, 6) is 0.0105. The van der Waals surface area contributed by atoms with Crippen LogP contribution in [0.4, 0.5) is 0 Å². The van der Waals surface area contributed by atoms with E-state index < -0.39 is 0 Å². The molecule has 5 heteroatoms. The van der Waals surface area contributed by atoms with Gasteiger partial charge in [-0.15, -0.1) is 0 Å². The molecule has 0 aliphatic heterocycles. The van der Waals surface area contributed by atoms with Gasteiger partial charge in [-0.3, -0.25) is 4.79 Å². The molecule has 0 unspecified atom stereocenters. The minimum Gasteiger partial charge on any atom is -0.338 e. The number of carbonyl (C=O) groups excluding carboxylic acids is 1. The van der Waals surface area contributed by atoms with Crippen molar-refractivity contribution in [2.45, 2.75) is 6.92 Å². The molecule has 88 valence electrons. The van der Waals surface area contributed by atoms with Crippen LogP contribution < -0.4 is 0 Å². The van der Waals surface area contributed by atoms with Gasteiger partial charge in [-0.05, 0) is 41.1 Å². The van der Waals surface area contributed by atoms with Gasteiger partial charge >= 0.3 is 0 Å². The lowest BCUT2D eigenvalue weighted by molar-refractivity contribution is 0.0775. The molecule has 0 aliphatic carbocycles. The number of halogens is 3. The Morgan fingerprint density at radius 1 is 1.50 bits per heavy atom. The van der Waals surface area contributed by atoms with Crippen molar-refractivity contribution < 1.29 is 4.79 Å². The Bertz CT molecular complexity index is 384. The summed E-state index contributed by atoms with van der Waals surface area (Å²) < 4.78 is 0.800. The normalized spacial score (nSPS) is 10.2. The summed E-state index contributed by atoms with van der Waals surface area (Å²) in [6.45, 7) is 3.35. The van der Waals surface area contributed by atoms with Crippen LogP contribution >= 0.6 is 43.5 Å². The second-order valence-corrected chi connectivity index (χ2v) is 5.26. The third-order valence-corrected chi connectivity index (χ3v) is 3.78. The molecule has 2 nitrogen and oxygen atoms in total. The minimum absolute atomic E-state index is 0.0105. The number of amides is 1. The summed E-state index contributed by atoms with van der Waals surface area (Å²) in [5, 5.41) is 1.33. The van der Waals surface area contributed by atoms with Crippen molar-refractivity contribution in [1.29, 1.82) is 0 Å². The van der Waals surface area contributed by atoms with Gasteiger partial charge in [0.05, 0.1) is 5.02 Å². The van der Waals surface area contributed by atoms with Gasteiger partial charge in [0.15, 0.2) is 0 Å². The number of alkyl halides is 1. The first-order valence-electron chi connectivity index (χ1n) is 4.90. The van der Waals surface area contributed by atoms with Crippen molar-refractivity contribution in [3.63, 3.8) is 0 Å². The molecule has 0 N–H and O–H groups in total. The van der Waals surface area contributed by atoms with Crippen molar-refractivity contribution in [3.8, 4) is 0 Å². The summed E-state index contributed by atoms with van der Waals surface area (Å²) in [6, 6.07) is 5.25. The summed E-state index contributed by atoms with van der Waals surface area (Å²) in [5.41, 5.74) is 0.621. The molecule has 0 heterocycles. The Morgan fingerprint density at radius 2 is 2.19 bits per heavy atom. The molecule has 16 heavy (non-hydrogen) atoms. The lowest BCUT2D eigenvalue weighted by atomic mass is 10.2. The highest BCUT2D eigenvalue weighted by atomic mass is 79.9. The van der Waals surface area contributed by atoms with Gasteiger partial charge in [-0.25, -0.2) is 0 Å². The first-order chi connectivity index (χ1) is 7.60. The number of hydrogen-bond acceptors (Lipinski definition) is 1. The van der Waals surface area contributed by atoms with E-state index in [1.165, 1.54) is 0 Å². The predicted octanol–water partition coefficient (Wildman–Crippen LogP) is 3.96. The molecule has 0 fully saturated rings. The van der Waals surface area contributed by atoms with Gasteiger partial charge < -0.3 is 4.90 Å². The highest BCUT2D eigenvalue weighted by Crippen LogP contribution is 2.23. The van der Waals surface area contributed by atoms with E-state index in [4.69, 9.17) is 11.6 Å². The quantitative estimate of drug-likeness (QED) is 0.736. The van der Waals surface area contributed by atoms with E-state index in [9.17, 15) is 4.79 Å². The molecule has 1 amide bonds. The lowest BCUT2D eigenvalue weighted by Crippen LogP contribution is -2.32. The van der Waals surface area contributed by atoms with E-state index in [1.54, 1.807) is 23.1 Å². The largest absolute Gasteiger partial charge is 0.338 e. The number of rotatable bonds is 4. The summed E-state index contributed by atoms with van der Waals surface area (Å²) in [4.78, 5) is 13.8. The fourth-order valence-corrected chi connectivity index (χ4v) is 2.17. The van der Waals surface area contributed by atoms with Crippen LogP contribution in [0.1, 0.15) is 17.3 Å². The van der Waals surface area contributed by atoms with E-state index in [0.717, 1.165) is 9.80 Å². The zero-order chi connectivity index (χ0) is 12.1. The zero-order valence-corrected chi connectivity index (χ0v) is 12.8. The van der Waals surface area contributed by atoms with Gasteiger partial charge in [-0.1, -0.05) is 27.5 Å². The Hall–Kier alpha value is -0.0600. The highest BCUT2D eigenvalue weighted by Gasteiger charge is 2.14. The maximum atomic E-state index is 12.1. The van der Waals surface area contributed by atoms with Crippen LogP contribution in [-0.2, 0) is 0 Å².